The molecular formula is C14H18N2O4. The molecule has 1 aliphatic heterocycles. The molecule has 1 aromatic rings. The smallest absolute Gasteiger partial charge is 0.329 e. The van der Waals surface area contributed by atoms with E-state index in [1.165, 1.54) is 0 Å². The molecule has 0 bridgehead atoms. The van der Waals surface area contributed by atoms with E-state index in [4.69, 9.17) is 9.84 Å². The number of carbonyl (C=O) groups is 2. The van der Waals surface area contributed by atoms with E-state index >= 15 is 0 Å². The Hall–Kier alpha value is -1.92. The van der Waals surface area contributed by atoms with Crippen LogP contribution < -0.4 is 5.32 Å². The predicted molar refractivity (Wildman–Crippen MR) is 73.5 cm³/mol. The normalized spacial score (nSPS) is 17.2. The van der Waals surface area contributed by atoms with E-state index < -0.39 is 11.6 Å². The first-order chi connectivity index (χ1) is 9.47. The molecule has 0 spiro atoms. The zero-order valence-electron chi connectivity index (χ0n) is 11.3. The van der Waals surface area contributed by atoms with Crippen LogP contribution in [-0.4, -0.2) is 53.7 Å². The lowest BCUT2D eigenvalue weighted by atomic mass is 9.96. The number of carbonyl (C=O) groups excluding carboxylic acids is 1. The van der Waals surface area contributed by atoms with Crippen LogP contribution in [0.5, 0.6) is 0 Å². The highest BCUT2D eigenvalue weighted by molar-refractivity contribution is 5.92. The monoisotopic (exact) mass is 278 g/mol. The number of benzene rings is 1. The fraction of sp³-hybridized carbons (Fsp3) is 0.429. The van der Waals surface area contributed by atoms with Gasteiger partial charge in [0.1, 0.15) is 6.61 Å². The van der Waals surface area contributed by atoms with E-state index in [1.807, 2.05) is 42.2 Å². The Balaban J connectivity index is 1.71. The van der Waals surface area contributed by atoms with Crippen LogP contribution >= 0.6 is 0 Å². The molecule has 2 rings (SSSR count). The number of nitrogens with one attached hydrogen (secondary N) is 1. The summed E-state index contributed by atoms with van der Waals surface area (Å²) < 4.78 is 5.28. The van der Waals surface area contributed by atoms with Gasteiger partial charge in [-0.25, -0.2) is 4.79 Å². The number of rotatable bonds is 6. The highest BCUT2D eigenvalue weighted by Crippen LogP contribution is 2.24. The van der Waals surface area contributed by atoms with Gasteiger partial charge < -0.3 is 15.2 Å². The standard InChI is InChI=1S/C14H18N2O4/c1-14(20-8-13(18)19)9-16(10-14)7-12(17)15-11-5-3-2-4-6-11/h2-6H,7-10H2,1H3,(H,15,17)(H,18,19). The van der Waals surface area contributed by atoms with Crippen molar-refractivity contribution in [2.24, 2.45) is 0 Å². The average molecular weight is 278 g/mol. The molecule has 0 saturated carbocycles. The molecule has 1 amide bonds. The zero-order chi connectivity index (χ0) is 14.6. The van der Waals surface area contributed by atoms with E-state index in [2.05, 4.69) is 5.32 Å². The molecule has 0 radical (unpaired) electrons. The van der Waals surface area contributed by atoms with Gasteiger partial charge in [0.15, 0.2) is 0 Å². The third kappa shape index (κ3) is 4.04. The van der Waals surface area contributed by atoms with Gasteiger partial charge in [-0.1, -0.05) is 18.2 Å². The van der Waals surface area contributed by atoms with Gasteiger partial charge in [-0.05, 0) is 19.1 Å². The Kier molecular flexibility index (Phi) is 4.36. The van der Waals surface area contributed by atoms with Gasteiger partial charge in [-0.15, -0.1) is 0 Å². The van der Waals surface area contributed by atoms with Gasteiger partial charge in [-0.3, -0.25) is 9.69 Å². The zero-order valence-corrected chi connectivity index (χ0v) is 11.3. The summed E-state index contributed by atoms with van der Waals surface area (Å²) in [5, 5.41) is 11.4. The Morgan fingerprint density at radius 2 is 2.00 bits per heavy atom. The maximum Gasteiger partial charge on any atom is 0.329 e. The van der Waals surface area contributed by atoms with Crippen molar-refractivity contribution in [3.63, 3.8) is 0 Å². The maximum atomic E-state index is 11.8. The van der Waals surface area contributed by atoms with Crippen molar-refractivity contribution < 1.29 is 19.4 Å². The molecule has 0 aromatic heterocycles. The topological polar surface area (TPSA) is 78.9 Å². The van der Waals surface area contributed by atoms with Gasteiger partial charge in [-0.2, -0.15) is 0 Å². The molecule has 108 valence electrons. The van der Waals surface area contributed by atoms with Crippen LogP contribution in [0.3, 0.4) is 0 Å². The number of hydrogen-bond donors (Lipinski definition) is 2. The summed E-state index contributed by atoms with van der Waals surface area (Å²) in [6, 6.07) is 9.25. The minimum absolute atomic E-state index is 0.0866. The number of carboxylic acid groups (broad SMARTS) is 1. The minimum atomic E-state index is -0.980. The molecule has 0 atom stereocenters. The predicted octanol–water partition coefficient (Wildman–Crippen LogP) is 0.801. The lowest BCUT2D eigenvalue weighted by molar-refractivity contribution is -0.165. The first-order valence-electron chi connectivity index (χ1n) is 6.40. The molecule has 1 heterocycles. The molecule has 6 nitrogen and oxygen atoms in total. The van der Waals surface area contributed by atoms with Crippen molar-refractivity contribution >= 4 is 17.6 Å². The van der Waals surface area contributed by atoms with E-state index in [-0.39, 0.29) is 19.1 Å². The van der Waals surface area contributed by atoms with E-state index in [0.29, 0.717) is 13.1 Å². The quantitative estimate of drug-likeness (QED) is 0.804. The molecule has 0 unspecified atom stereocenters. The van der Waals surface area contributed by atoms with Crippen LogP contribution in [-0.2, 0) is 14.3 Å². The third-order valence-corrected chi connectivity index (χ3v) is 3.09. The van der Waals surface area contributed by atoms with Gasteiger partial charge >= 0.3 is 5.97 Å². The maximum absolute atomic E-state index is 11.8. The first-order valence-corrected chi connectivity index (χ1v) is 6.40. The summed E-state index contributed by atoms with van der Waals surface area (Å²) in [4.78, 5) is 24.2. The van der Waals surface area contributed by atoms with Gasteiger partial charge in [0.25, 0.3) is 0 Å². The minimum Gasteiger partial charge on any atom is -0.480 e. The van der Waals surface area contributed by atoms with E-state index in [0.717, 1.165) is 5.69 Å². The summed E-state index contributed by atoms with van der Waals surface area (Å²) >= 11 is 0. The van der Waals surface area contributed by atoms with Crippen LogP contribution in [0.4, 0.5) is 5.69 Å². The Morgan fingerprint density at radius 1 is 1.35 bits per heavy atom. The summed E-state index contributed by atoms with van der Waals surface area (Å²) in [6.07, 6.45) is 0. The first kappa shape index (κ1) is 14.5. The summed E-state index contributed by atoms with van der Waals surface area (Å²) in [7, 11) is 0. The number of amides is 1. The van der Waals surface area contributed by atoms with Crippen molar-refractivity contribution in [3.05, 3.63) is 30.3 Å². The number of para-hydroxylation sites is 1. The highest BCUT2D eigenvalue weighted by atomic mass is 16.5. The number of aliphatic carboxylic acids is 1. The molecule has 1 aliphatic rings. The van der Waals surface area contributed by atoms with E-state index in [9.17, 15) is 9.59 Å². The summed E-state index contributed by atoms with van der Waals surface area (Å²) in [5.74, 6) is -1.07. The second kappa shape index (κ2) is 6.02. The highest BCUT2D eigenvalue weighted by Gasteiger charge is 2.40. The van der Waals surface area contributed by atoms with Crippen LogP contribution in [0, 0.1) is 0 Å². The van der Waals surface area contributed by atoms with Crippen LogP contribution in [0.2, 0.25) is 0 Å². The van der Waals surface area contributed by atoms with Crippen LogP contribution in [0.25, 0.3) is 0 Å². The van der Waals surface area contributed by atoms with Crippen LogP contribution in [0.1, 0.15) is 6.92 Å². The Labute approximate surface area is 117 Å². The molecule has 1 saturated heterocycles. The van der Waals surface area contributed by atoms with Gasteiger partial charge in [0.05, 0.1) is 12.1 Å². The molecule has 1 fully saturated rings. The average Bonchev–Trinajstić information content (AvgIpc) is 2.35. The third-order valence-electron chi connectivity index (χ3n) is 3.09. The Morgan fingerprint density at radius 3 is 2.60 bits per heavy atom. The van der Waals surface area contributed by atoms with Crippen molar-refractivity contribution in [2.75, 3.05) is 31.6 Å². The molecule has 2 N–H and O–H groups in total. The molecule has 1 aromatic carbocycles. The second-order valence-electron chi connectivity index (χ2n) is 5.19. The lowest BCUT2D eigenvalue weighted by Gasteiger charge is -2.46. The van der Waals surface area contributed by atoms with Crippen molar-refractivity contribution in [2.45, 2.75) is 12.5 Å². The largest absolute Gasteiger partial charge is 0.480 e. The second-order valence-corrected chi connectivity index (χ2v) is 5.19. The number of likely N-dealkylation sites (tertiary alicyclic amines) is 1. The fourth-order valence-electron chi connectivity index (χ4n) is 2.26. The fourth-order valence-corrected chi connectivity index (χ4v) is 2.26. The molecule has 20 heavy (non-hydrogen) atoms. The molecular weight excluding hydrogens is 260 g/mol. The van der Waals surface area contributed by atoms with E-state index in [1.54, 1.807) is 0 Å². The summed E-state index contributed by atoms with van der Waals surface area (Å²) in [6.45, 7) is 2.94. The molecule has 6 heteroatoms. The Bertz CT molecular complexity index is 483. The lowest BCUT2D eigenvalue weighted by Crippen LogP contribution is -2.63. The van der Waals surface area contributed by atoms with Gasteiger partial charge in [0.2, 0.25) is 5.91 Å². The number of carboxylic acids is 1. The number of anilines is 1. The van der Waals surface area contributed by atoms with Crippen LogP contribution in [0.15, 0.2) is 30.3 Å². The number of hydrogen-bond acceptors (Lipinski definition) is 4. The SMILES string of the molecule is CC1(OCC(=O)O)CN(CC(=O)Nc2ccccc2)C1. The molecule has 0 aliphatic carbocycles. The number of ether oxygens (including phenoxy) is 1. The summed E-state index contributed by atoms with van der Waals surface area (Å²) in [5.41, 5.74) is 0.300. The van der Waals surface area contributed by atoms with Crippen molar-refractivity contribution in [1.29, 1.82) is 0 Å². The van der Waals surface area contributed by atoms with Crippen molar-refractivity contribution in [1.82, 2.24) is 4.90 Å². The van der Waals surface area contributed by atoms with Gasteiger partial charge in [0, 0.05) is 18.8 Å². The number of nitrogens with zero attached hydrogens (tertiary/aromatic N) is 1. The van der Waals surface area contributed by atoms with Crippen molar-refractivity contribution in [3.8, 4) is 0 Å².